The van der Waals surface area contributed by atoms with Gasteiger partial charge in [-0.3, -0.25) is 9.59 Å². The van der Waals surface area contributed by atoms with Crippen molar-refractivity contribution < 1.29 is 9.59 Å². The molecule has 0 saturated carbocycles. The molecule has 1 aromatic carbocycles. The maximum atomic E-state index is 12.8. The van der Waals surface area contributed by atoms with Crippen LogP contribution in [0.2, 0.25) is 0 Å². The molecular weight excluding hydrogens is 332 g/mol. The summed E-state index contributed by atoms with van der Waals surface area (Å²) in [6.07, 6.45) is 2.24. The number of carbonyl (C=O) groups is 2. The van der Waals surface area contributed by atoms with Gasteiger partial charge < -0.3 is 9.80 Å². The van der Waals surface area contributed by atoms with Crippen LogP contribution in [0.15, 0.2) is 29.6 Å². The second-order valence-corrected chi connectivity index (χ2v) is 7.78. The third kappa shape index (κ3) is 3.56. The van der Waals surface area contributed by atoms with Crippen LogP contribution < -0.4 is 0 Å². The highest BCUT2D eigenvalue weighted by Crippen LogP contribution is 2.28. The van der Waals surface area contributed by atoms with E-state index in [1.165, 1.54) is 15.6 Å². The average molecular weight is 359 g/mol. The first-order valence-electron chi connectivity index (χ1n) is 9.04. The Balaban J connectivity index is 1.68. The van der Waals surface area contributed by atoms with Crippen molar-refractivity contribution in [1.82, 2.24) is 9.80 Å². The van der Waals surface area contributed by atoms with Crippen molar-refractivity contribution >= 4 is 33.2 Å². The lowest BCUT2D eigenvalue weighted by atomic mass is 10.1. The summed E-state index contributed by atoms with van der Waals surface area (Å²) in [6, 6.07) is 8.54. The molecule has 1 aliphatic rings. The summed E-state index contributed by atoms with van der Waals surface area (Å²) >= 11 is 1.71. The predicted octanol–water partition coefficient (Wildman–Crippen LogP) is 3.90. The van der Waals surface area contributed by atoms with E-state index in [1.807, 2.05) is 24.1 Å². The Morgan fingerprint density at radius 2 is 2.04 bits per heavy atom. The van der Waals surface area contributed by atoms with E-state index in [9.17, 15) is 9.59 Å². The molecule has 2 aromatic rings. The third-order valence-corrected chi connectivity index (χ3v) is 6.25. The number of rotatable bonds is 6. The number of hydrogen-bond acceptors (Lipinski definition) is 3. The molecule has 1 fully saturated rings. The fourth-order valence-electron chi connectivity index (χ4n) is 3.78. The highest BCUT2D eigenvalue weighted by Gasteiger charge is 2.38. The summed E-state index contributed by atoms with van der Waals surface area (Å²) in [5.74, 6) is 0.00141. The van der Waals surface area contributed by atoms with Crippen LogP contribution in [0.4, 0.5) is 0 Å². The largest absolute Gasteiger partial charge is 0.341 e. The summed E-state index contributed by atoms with van der Waals surface area (Å²) in [7, 11) is 1.85. The molecule has 1 saturated heterocycles. The van der Waals surface area contributed by atoms with Crippen LogP contribution in [-0.4, -0.2) is 41.2 Å². The van der Waals surface area contributed by atoms with Crippen LogP contribution in [0.3, 0.4) is 0 Å². The van der Waals surface area contributed by atoms with Crippen LogP contribution in [0.25, 0.3) is 10.1 Å². The monoisotopic (exact) mass is 358 g/mol. The van der Waals surface area contributed by atoms with E-state index in [2.05, 4.69) is 31.4 Å². The number of carbonyl (C=O) groups excluding carboxylic acids is 2. The van der Waals surface area contributed by atoms with Gasteiger partial charge in [0.15, 0.2) is 0 Å². The molecule has 25 heavy (non-hydrogen) atoms. The fourth-order valence-corrected chi connectivity index (χ4v) is 4.73. The molecule has 0 N–H and O–H groups in total. The highest BCUT2D eigenvalue weighted by molar-refractivity contribution is 7.17. The SMILES string of the molecule is CCC(CC)N1CC(C(=O)N(C)Cc2csc3ccccc23)CC1=O. The van der Waals surface area contributed by atoms with Crippen LogP contribution >= 0.6 is 11.3 Å². The lowest BCUT2D eigenvalue weighted by molar-refractivity contribution is -0.135. The fraction of sp³-hybridized carbons (Fsp3) is 0.500. The van der Waals surface area contributed by atoms with Gasteiger partial charge in [-0.25, -0.2) is 0 Å². The zero-order chi connectivity index (χ0) is 18.0. The molecule has 2 amide bonds. The van der Waals surface area contributed by atoms with Gasteiger partial charge in [0, 0.05) is 37.3 Å². The molecule has 1 atom stereocenters. The Labute approximate surface area is 153 Å². The van der Waals surface area contributed by atoms with Crippen molar-refractivity contribution in [2.24, 2.45) is 5.92 Å². The summed E-state index contributed by atoms with van der Waals surface area (Å²) < 4.78 is 1.24. The van der Waals surface area contributed by atoms with Crippen LogP contribution in [0.5, 0.6) is 0 Å². The number of nitrogens with zero attached hydrogens (tertiary/aromatic N) is 2. The lowest BCUT2D eigenvalue weighted by Crippen LogP contribution is -2.38. The molecule has 1 aliphatic heterocycles. The average Bonchev–Trinajstić information content (AvgIpc) is 3.20. The van der Waals surface area contributed by atoms with Crippen LogP contribution in [0.1, 0.15) is 38.7 Å². The van der Waals surface area contributed by atoms with E-state index in [-0.39, 0.29) is 23.8 Å². The Kier molecular flexibility index (Phi) is 5.42. The number of hydrogen-bond donors (Lipinski definition) is 0. The van der Waals surface area contributed by atoms with Crippen molar-refractivity contribution in [3.8, 4) is 0 Å². The van der Waals surface area contributed by atoms with Gasteiger partial charge in [0.1, 0.15) is 0 Å². The molecule has 3 rings (SSSR count). The number of amides is 2. The Morgan fingerprint density at radius 3 is 2.76 bits per heavy atom. The lowest BCUT2D eigenvalue weighted by Gasteiger charge is -2.26. The first kappa shape index (κ1) is 17.9. The molecule has 0 spiro atoms. The van der Waals surface area contributed by atoms with Crippen molar-refractivity contribution in [3.05, 3.63) is 35.2 Å². The van der Waals surface area contributed by atoms with E-state index in [0.717, 1.165) is 12.8 Å². The molecule has 0 bridgehead atoms. The maximum absolute atomic E-state index is 12.8. The van der Waals surface area contributed by atoms with Crippen LogP contribution in [-0.2, 0) is 16.1 Å². The Morgan fingerprint density at radius 1 is 1.32 bits per heavy atom. The van der Waals surface area contributed by atoms with Crippen molar-refractivity contribution in [2.45, 2.75) is 45.7 Å². The minimum atomic E-state index is -0.206. The second-order valence-electron chi connectivity index (χ2n) is 6.87. The van der Waals surface area contributed by atoms with E-state index >= 15 is 0 Å². The van der Waals surface area contributed by atoms with Gasteiger partial charge in [0.2, 0.25) is 11.8 Å². The van der Waals surface area contributed by atoms with Crippen LogP contribution in [0, 0.1) is 5.92 Å². The predicted molar refractivity (Wildman–Crippen MR) is 102 cm³/mol. The normalized spacial score (nSPS) is 17.7. The zero-order valence-corrected chi connectivity index (χ0v) is 16.0. The molecule has 1 unspecified atom stereocenters. The molecular formula is C20H26N2O2S. The summed E-state index contributed by atoms with van der Waals surface area (Å²) in [5.41, 5.74) is 1.18. The van der Waals surface area contributed by atoms with Crippen molar-refractivity contribution in [3.63, 3.8) is 0 Å². The quantitative estimate of drug-likeness (QED) is 0.786. The molecule has 134 valence electrons. The van der Waals surface area contributed by atoms with Gasteiger partial charge in [-0.2, -0.15) is 0 Å². The summed E-state index contributed by atoms with van der Waals surface area (Å²) in [5, 5.41) is 3.35. The molecule has 1 aromatic heterocycles. The first-order valence-corrected chi connectivity index (χ1v) is 9.92. The minimum absolute atomic E-state index is 0.0806. The topological polar surface area (TPSA) is 40.6 Å². The Bertz CT molecular complexity index is 766. The highest BCUT2D eigenvalue weighted by atomic mass is 32.1. The molecule has 4 nitrogen and oxygen atoms in total. The van der Waals surface area contributed by atoms with Gasteiger partial charge in [0.05, 0.1) is 5.92 Å². The first-order chi connectivity index (χ1) is 12.0. The number of thiophene rings is 1. The van der Waals surface area contributed by atoms with Gasteiger partial charge in [-0.15, -0.1) is 11.3 Å². The van der Waals surface area contributed by atoms with Gasteiger partial charge >= 0.3 is 0 Å². The van der Waals surface area contributed by atoms with Gasteiger partial charge in [-0.05, 0) is 35.2 Å². The van der Waals surface area contributed by atoms with E-state index < -0.39 is 0 Å². The minimum Gasteiger partial charge on any atom is -0.341 e. The molecule has 0 radical (unpaired) electrons. The number of fused-ring (bicyclic) bond motifs is 1. The number of benzene rings is 1. The molecule has 2 heterocycles. The smallest absolute Gasteiger partial charge is 0.228 e. The van der Waals surface area contributed by atoms with Gasteiger partial charge in [-0.1, -0.05) is 32.0 Å². The molecule has 0 aliphatic carbocycles. The maximum Gasteiger partial charge on any atom is 0.228 e. The van der Waals surface area contributed by atoms with Crippen molar-refractivity contribution in [2.75, 3.05) is 13.6 Å². The van der Waals surface area contributed by atoms with E-state index in [0.29, 0.717) is 19.5 Å². The second kappa shape index (κ2) is 7.56. The number of likely N-dealkylation sites (tertiary alicyclic amines) is 1. The van der Waals surface area contributed by atoms with Gasteiger partial charge in [0.25, 0.3) is 0 Å². The Hall–Kier alpha value is -1.88. The summed E-state index contributed by atoms with van der Waals surface area (Å²) in [6.45, 7) is 5.37. The van der Waals surface area contributed by atoms with E-state index in [4.69, 9.17) is 0 Å². The summed E-state index contributed by atoms with van der Waals surface area (Å²) in [4.78, 5) is 28.9. The van der Waals surface area contributed by atoms with E-state index in [1.54, 1.807) is 16.2 Å². The standard InChI is InChI=1S/C20H26N2O2S/c1-4-16(5-2)22-12-14(10-19(22)23)20(24)21(3)11-15-13-25-18-9-7-6-8-17(15)18/h6-9,13-14,16H,4-5,10-12H2,1-3H3. The zero-order valence-electron chi connectivity index (χ0n) is 15.2. The molecule has 5 heteroatoms. The third-order valence-electron chi connectivity index (χ3n) is 5.24. The van der Waals surface area contributed by atoms with Crippen molar-refractivity contribution in [1.29, 1.82) is 0 Å².